The molecular formula is C29H30N2O5. The van der Waals surface area contributed by atoms with Crippen LogP contribution in [0.2, 0.25) is 0 Å². The van der Waals surface area contributed by atoms with Crippen molar-refractivity contribution in [3.8, 4) is 11.5 Å². The SMILES string of the molecule is CCOc1ccc(N2C(=O)C(=O)/C(=C(/O)c3cc(C(C)C)c(OC)cc3C)C2c2ccncc2)cc1. The Balaban J connectivity index is 1.92. The summed E-state index contributed by atoms with van der Waals surface area (Å²) in [5, 5.41) is 11.6. The number of aryl methyl sites for hydroxylation is 1. The average Bonchev–Trinajstić information content (AvgIpc) is 3.14. The minimum atomic E-state index is -0.824. The molecule has 1 unspecified atom stereocenters. The first-order chi connectivity index (χ1) is 17.3. The highest BCUT2D eigenvalue weighted by atomic mass is 16.5. The lowest BCUT2D eigenvalue weighted by molar-refractivity contribution is -0.132. The van der Waals surface area contributed by atoms with E-state index >= 15 is 0 Å². The van der Waals surface area contributed by atoms with Gasteiger partial charge < -0.3 is 14.6 Å². The number of methoxy groups -OCH3 is 1. The number of aliphatic hydroxyl groups excluding tert-OH is 1. The van der Waals surface area contributed by atoms with E-state index in [1.807, 2.05) is 39.8 Å². The van der Waals surface area contributed by atoms with Crippen LogP contribution >= 0.6 is 0 Å². The fraction of sp³-hybridized carbons (Fsp3) is 0.276. The zero-order valence-electron chi connectivity index (χ0n) is 21.1. The summed E-state index contributed by atoms with van der Waals surface area (Å²) in [6.45, 7) is 8.30. The lowest BCUT2D eigenvalue weighted by Gasteiger charge is -2.25. The maximum absolute atomic E-state index is 13.4. The molecule has 2 heterocycles. The number of amides is 1. The van der Waals surface area contributed by atoms with Gasteiger partial charge in [-0.1, -0.05) is 13.8 Å². The number of hydrogen-bond acceptors (Lipinski definition) is 6. The van der Waals surface area contributed by atoms with Crippen LogP contribution in [0.15, 0.2) is 66.5 Å². The molecule has 0 aliphatic carbocycles. The third-order valence-corrected chi connectivity index (χ3v) is 6.35. The topological polar surface area (TPSA) is 89.0 Å². The highest BCUT2D eigenvalue weighted by molar-refractivity contribution is 6.51. The molecule has 0 spiro atoms. The molecule has 7 heteroatoms. The monoisotopic (exact) mass is 486 g/mol. The zero-order chi connectivity index (χ0) is 26.0. The molecule has 1 atom stereocenters. The number of anilines is 1. The van der Waals surface area contributed by atoms with Gasteiger partial charge in [-0.25, -0.2) is 0 Å². The van der Waals surface area contributed by atoms with Gasteiger partial charge in [-0.15, -0.1) is 0 Å². The van der Waals surface area contributed by atoms with Gasteiger partial charge in [-0.3, -0.25) is 19.5 Å². The van der Waals surface area contributed by atoms with Crippen molar-refractivity contribution in [2.24, 2.45) is 0 Å². The van der Waals surface area contributed by atoms with Crippen LogP contribution in [0.1, 0.15) is 55.0 Å². The third-order valence-electron chi connectivity index (χ3n) is 6.35. The number of Topliss-reactive ketones (excluding diaryl/α,β-unsaturated/α-hetero) is 1. The lowest BCUT2D eigenvalue weighted by atomic mass is 9.91. The molecule has 4 rings (SSSR count). The van der Waals surface area contributed by atoms with E-state index in [0.717, 1.165) is 11.1 Å². The number of carbonyl (C=O) groups excluding carboxylic acids is 2. The Morgan fingerprint density at radius 3 is 2.33 bits per heavy atom. The van der Waals surface area contributed by atoms with Crippen LogP contribution in [0.5, 0.6) is 11.5 Å². The van der Waals surface area contributed by atoms with E-state index in [-0.39, 0.29) is 17.3 Å². The average molecular weight is 487 g/mol. The fourth-order valence-corrected chi connectivity index (χ4v) is 4.56. The molecule has 2 aromatic carbocycles. The molecule has 1 aromatic heterocycles. The Morgan fingerprint density at radius 1 is 1.08 bits per heavy atom. The van der Waals surface area contributed by atoms with Gasteiger partial charge >= 0.3 is 0 Å². The highest BCUT2D eigenvalue weighted by Gasteiger charge is 2.47. The van der Waals surface area contributed by atoms with Crippen molar-refractivity contribution in [1.82, 2.24) is 4.98 Å². The Morgan fingerprint density at radius 2 is 1.75 bits per heavy atom. The van der Waals surface area contributed by atoms with Gasteiger partial charge in [0.15, 0.2) is 0 Å². The van der Waals surface area contributed by atoms with Crippen molar-refractivity contribution in [2.75, 3.05) is 18.6 Å². The largest absolute Gasteiger partial charge is 0.507 e. The molecule has 0 radical (unpaired) electrons. The summed E-state index contributed by atoms with van der Waals surface area (Å²) in [7, 11) is 1.60. The third kappa shape index (κ3) is 4.44. The summed E-state index contributed by atoms with van der Waals surface area (Å²) in [6, 6.07) is 13.3. The molecule has 186 valence electrons. The van der Waals surface area contributed by atoms with Crippen molar-refractivity contribution >= 4 is 23.1 Å². The minimum Gasteiger partial charge on any atom is -0.507 e. The molecule has 0 bridgehead atoms. The van der Waals surface area contributed by atoms with Crippen molar-refractivity contribution < 1.29 is 24.2 Å². The van der Waals surface area contributed by atoms with Crippen LogP contribution in [0, 0.1) is 6.92 Å². The molecule has 1 N–H and O–H groups in total. The Labute approximate surface area is 211 Å². The number of benzene rings is 2. The molecule has 0 saturated carbocycles. The van der Waals surface area contributed by atoms with Crippen molar-refractivity contribution in [1.29, 1.82) is 0 Å². The van der Waals surface area contributed by atoms with E-state index in [4.69, 9.17) is 9.47 Å². The van der Waals surface area contributed by atoms with E-state index in [2.05, 4.69) is 4.98 Å². The second-order valence-corrected chi connectivity index (χ2v) is 8.94. The number of aromatic nitrogens is 1. The van der Waals surface area contributed by atoms with Crippen LogP contribution in [0.4, 0.5) is 5.69 Å². The zero-order valence-corrected chi connectivity index (χ0v) is 21.1. The van der Waals surface area contributed by atoms with Gasteiger partial charge in [0.05, 0.1) is 25.3 Å². The second kappa shape index (κ2) is 10.2. The van der Waals surface area contributed by atoms with Crippen molar-refractivity contribution in [3.05, 3.63) is 88.8 Å². The summed E-state index contributed by atoms with van der Waals surface area (Å²) in [4.78, 5) is 32.3. The van der Waals surface area contributed by atoms with Crippen LogP contribution in [-0.4, -0.2) is 35.5 Å². The normalized spacial score (nSPS) is 17.1. The van der Waals surface area contributed by atoms with E-state index in [9.17, 15) is 14.7 Å². The molecule has 3 aromatic rings. The first kappa shape index (κ1) is 25.0. The summed E-state index contributed by atoms with van der Waals surface area (Å²) in [5.74, 6) is -0.185. The number of ketones is 1. The fourth-order valence-electron chi connectivity index (χ4n) is 4.56. The highest BCUT2D eigenvalue weighted by Crippen LogP contribution is 2.43. The summed E-state index contributed by atoms with van der Waals surface area (Å²) < 4.78 is 11.1. The molecule has 1 aliphatic heterocycles. The number of ether oxygens (including phenoxy) is 2. The molecule has 1 saturated heterocycles. The van der Waals surface area contributed by atoms with Gasteiger partial charge in [0, 0.05) is 23.6 Å². The number of nitrogens with zero attached hydrogens (tertiary/aromatic N) is 2. The number of rotatable bonds is 7. The summed E-state index contributed by atoms with van der Waals surface area (Å²) >= 11 is 0. The van der Waals surface area contributed by atoms with Crippen molar-refractivity contribution in [2.45, 2.75) is 39.7 Å². The van der Waals surface area contributed by atoms with E-state index in [0.29, 0.717) is 34.9 Å². The summed E-state index contributed by atoms with van der Waals surface area (Å²) in [6.07, 6.45) is 3.20. The molecular weight excluding hydrogens is 456 g/mol. The molecule has 7 nitrogen and oxygen atoms in total. The second-order valence-electron chi connectivity index (χ2n) is 8.94. The standard InChI is InChI=1S/C29H30N2O5/c1-6-36-21-9-7-20(8-10-21)31-26(19-11-13-30-14-12-19)25(28(33)29(31)34)27(32)23-16-22(17(2)3)24(35-5)15-18(23)4/h7-17,26,32H,6H2,1-5H3/b27-25+. The number of hydrogen-bond donors (Lipinski definition) is 1. The Bertz CT molecular complexity index is 1310. The first-order valence-corrected chi connectivity index (χ1v) is 11.9. The van der Waals surface area contributed by atoms with Crippen molar-refractivity contribution in [3.63, 3.8) is 0 Å². The molecule has 36 heavy (non-hydrogen) atoms. The molecule has 1 aliphatic rings. The van der Waals surface area contributed by atoms with Crippen LogP contribution < -0.4 is 14.4 Å². The van der Waals surface area contributed by atoms with E-state index in [1.165, 1.54) is 4.90 Å². The minimum absolute atomic E-state index is 0.0306. The van der Waals surface area contributed by atoms with Gasteiger partial charge in [-0.05, 0) is 85.0 Å². The quantitative estimate of drug-likeness (QED) is 0.268. The number of aliphatic hydroxyl groups is 1. The maximum atomic E-state index is 13.4. The van der Waals surface area contributed by atoms with Gasteiger partial charge in [0.25, 0.3) is 11.7 Å². The van der Waals surface area contributed by atoms with Gasteiger partial charge in [0.2, 0.25) is 0 Å². The lowest BCUT2D eigenvalue weighted by Crippen LogP contribution is -2.29. The Hall–Kier alpha value is -4.13. The molecule has 1 amide bonds. The summed E-state index contributed by atoms with van der Waals surface area (Å²) in [5.41, 5.74) is 3.33. The number of pyridine rings is 1. The van der Waals surface area contributed by atoms with Gasteiger partial charge in [0.1, 0.15) is 17.3 Å². The van der Waals surface area contributed by atoms with Crippen LogP contribution in [-0.2, 0) is 9.59 Å². The Kier molecular flexibility index (Phi) is 7.10. The van der Waals surface area contributed by atoms with Crippen LogP contribution in [0.25, 0.3) is 5.76 Å². The predicted molar refractivity (Wildman–Crippen MR) is 138 cm³/mol. The van der Waals surface area contributed by atoms with Gasteiger partial charge in [-0.2, -0.15) is 0 Å². The van der Waals surface area contributed by atoms with Crippen LogP contribution in [0.3, 0.4) is 0 Å². The smallest absolute Gasteiger partial charge is 0.300 e. The molecule has 1 fully saturated rings. The predicted octanol–water partition coefficient (Wildman–Crippen LogP) is 5.55. The van der Waals surface area contributed by atoms with E-state index in [1.54, 1.807) is 55.9 Å². The van der Waals surface area contributed by atoms with E-state index < -0.39 is 17.7 Å². The maximum Gasteiger partial charge on any atom is 0.300 e. The number of carbonyl (C=O) groups is 2. The first-order valence-electron chi connectivity index (χ1n) is 11.9.